The van der Waals surface area contributed by atoms with Crippen LogP contribution in [-0.2, 0) is 9.53 Å². The lowest BCUT2D eigenvalue weighted by Gasteiger charge is -2.28. The number of carbonyl (C=O) groups is 1. The van der Waals surface area contributed by atoms with Gasteiger partial charge in [-0.1, -0.05) is 12.2 Å². The molecule has 1 saturated carbocycles. The van der Waals surface area contributed by atoms with Crippen LogP contribution in [0.3, 0.4) is 0 Å². The number of likely N-dealkylation sites (tertiary alicyclic amines) is 1. The van der Waals surface area contributed by atoms with Crippen molar-refractivity contribution in [2.45, 2.75) is 44.2 Å². The van der Waals surface area contributed by atoms with Gasteiger partial charge >= 0.3 is 0 Å². The summed E-state index contributed by atoms with van der Waals surface area (Å²) in [5.74, 6) is 0.964. The van der Waals surface area contributed by atoms with E-state index in [1.165, 1.54) is 12.8 Å². The van der Waals surface area contributed by atoms with E-state index in [0.29, 0.717) is 24.4 Å². The first-order valence-corrected chi connectivity index (χ1v) is 9.01. The van der Waals surface area contributed by atoms with Gasteiger partial charge in [-0.05, 0) is 51.8 Å². The molecule has 5 heteroatoms. The van der Waals surface area contributed by atoms with E-state index < -0.39 is 0 Å². The van der Waals surface area contributed by atoms with E-state index in [1.54, 1.807) is 0 Å². The standard InChI is InChI=1S/C19H25N3O2/c1-22-10-4-5-14(22)12-24-18-11-17(19(23)20-13-8-9-13)21-16-7-3-2-6-15(16)18/h2-3,7,11,13-15H,4-6,8-10,12H2,1H3,(H,20,23). The molecule has 2 heterocycles. The summed E-state index contributed by atoms with van der Waals surface area (Å²) in [7, 11) is 2.15. The predicted molar refractivity (Wildman–Crippen MR) is 93.6 cm³/mol. The van der Waals surface area contributed by atoms with E-state index in [0.717, 1.165) is 37.3 Å². The minimum absolute atomic E-state index is 0.0783. The minimum atomic E-state index is -0.0783. The average Bonchev–Trinajstić information content (AvgIpc) is 3.32. The fourth-order valence-corrected chi connectivity index (χ4v) is 3.53. The van der Waals surface area contributed by atoms with Crippen molar-refractivity contribution < 1.29 is 9.53 Å². The number of hydrogen-bond acceptors (Lipinski definition) is 4. The van der Waals surface area contributed by atoms with Gasteiger partial charge in [-0.3, -0.25) is 4.79 Å². The fraction of sp³-hybridized carbons (Fsp3) is 0.579. The second kappa shape index (κ2) is 6.55. The third-order valence-corrected chi connectivity index (χ3v) is 5.26. The van der Waals surface area contributed by atoms with Gasteiger partial charge in [0.05, 0.1) is 11.6 Å². The zero-order valence-electron chi connectivity index (χ0n) is 14.2. The maximum Gasteiger partial charge on any atom is 0.270 e. The van der Waals surface area contributed by atoms with Gasteiger partial charge in [-0.25, -0.2) is 4.99 Å². The second-order valence-electron chi connectivity index (χ2n) is 7.19. The molecule has 1 saturated heterocycles. The van der Waals surface area contributed by atoms with Gasteiger partial charge in [0, 0.05) is 18.2 Å². The van der Waals surface area contributed by atoms with Crippen LogP contribution in [0.4, 0.5) is 0 Å². The van der Waals surface area contributed by atoms with Crippen LogP contribution in [0.15, 0.2) is 40.8 Å². The number of dihydropyridines is 1. The highest BCUT2D eigenvalue weighted by Crippen LogP contribution is 2.33. The molecule has 2 aliphatic heterocycles. The number of hydrogen-bond donors (Lipinski definition) is 1. The first kappa shape index (κ1) is 15.6. The summed E-state index contributed by atoms with van der Waals surface area (Å²) in [6, 6.07) is 0.808. The van der Waals surface area contributed by atoms with E-state index in [2.05, 4.69) is 28.3 Å². The van der Waals surface area contributed by atoms with E-state index in [1.807, 2.05) is 18.2 Å². The summed E-state index contributed by atoms with van der Waals surface area (Å²) in [6.45, 7) is 1.83. The van der Waals surface area contributed by atoms with Crippen LogP contribution in [0.1, 0.15) is 32.1 Å². The van der Waals surface area contributed by atoms with E-state index >= 15 is 0 Å². The number of rotatable bonds is 5. The molecule has 1 N–H and O–H groups in total. The SMILES string of the molecule is CN1CCCC1COC1=CC(C(=O)NC2CC2)=NC2=CC=CCC21. The Hall–Kier alpha value is -1.88. The van der Waals surface area contributed by atoms with Crippen LogP contribution in [0, 0.1) is 5.92 Å². The molecule has 0 radical (unpaired) electrons. The Balaban J connectivity index is 1.50. The molecule has 1 amide bonds. The van der Waals surface area contributed by atoms with Gasteiger partial charge < -0.3 is 15.0 Å². The Kier molecular flexibility index (Phi) is 4.27. The zero-order valence-corrected chi connectivity index (χ0v) is 14.2. The lowest BCUT2D eigenvalue weighted by molar-refractivity contribution is -0.114. The Morgan fingerprint density at radius 1 is 1.42 bits per heavy atom. The molecule has 128 valence electrons. The molecular weight excluding hydrogens is 302 g/mol. The Morgan fingerprint density at radius 2 is 2.29 bits per heavy atom. The first-order valence-electron chi connectivity index (χ1n) is 9.01. The number of ether oxygens (including phenoxy) is 1. The molecule has 0 aromatic heterocycles. The first-order chi connectivity index (χ1) is 11.7. The van der Waals surface area contributed by atoms with Crippen molar-refractivity contribution >= 4 is 11.6 Å². The van der Waals surface area contributed by atoms with Crippen LogP contribution in [-0.4, -0.2) is 48.8 Å². The zero-order chi connectivity index (χ0) is 16.5. The molecule has 2 atom stereocenters. The van der Waals surface area contributed by atoms with Crippen molar-refractivity contribution in [1.82, 2.24) is 10.2 Å². The molecule has 0 spiro atoms. The van der Waals surface area contributed by atoms with Crippen molar-refractivity contribution in [3.8, 4) is 0 Å². The summed E-state index contributed by atoms with van der Waals surface area (Å²) in [5, 5.41) is 3.02. The lowest BCUT2D eigenvalue weighted by Crippen LogP contribution is -2.35. The number of nitrogens with zero attached hydrogens (tertiary/aromatic N) is 2. The number of carbonyl (C=O) groups excluding carboxylic acids is 1. The van der Waals surface area contributed by atoms with E-state index in [-0.39, 0.29) is 11.8 Å². The third-order valence-electron chi connectivity index (χ3n) is 5.26. The largest absolute Gasteiger partial charge is 0.495 e. The number of likely N-dealkylation sites (N-methyl/N-ethyl adjacent to an activating group) is 1. The highest BCUT2D eigenvalue weighted by Gasteiger charge is 2.31. The molecule has 2 fully saturated rings. The minimum Gasteiger partial charge on any atom is -0.495 e. The van der Waals surface area contributed by atoms with E-state index in [9.17, 15) is 4.79 Å². The topological polar surface area (TPSA) is 53.9 Å². The Morgan fingerprint density at radius 3 is 3.04 bits per heavy atom. The van der Waals surface area contributed by atoms with Gasteiger partial charge in [0.2, 0.25) is 0 Å². The summed E-state index contributed by atoms with van der Waals surface area (Å²) in [6.07, 6.45) is 13.5. The van der Waals surface area contributed by atoms with Crippen LogP contribution in [0.5, 0.6) is 0 Å². The van der Waals surface area contributed by atoms with Crippen LogP contribution < -0.4 is 5.32 Å². The Labute approximate surface area is 143 Å². The van der Waals surface area contributed by atoms with Crippen LogP contribution in [0.2, 0.25) is 0 Å². The summed E-state index contributed by atoms with van der Waals surface area (Å²) < 4.78 is 6.19. The van der Waals surface area contributed by atoms with Crippen molar-refractivity contribution in [3.05, 3.63) is 35.8 Å². The van der Waals surface area contributed by atoms with Crippen LogP contribution in [0.25, 0.3) is 0 Å². The monoisotopic (exact) mass is 327 g/mol. The summed E-state index contributed by atoms with van der Waals surface area (Å²) in [4.78, 5) is 19.3. The van der Waals surface area contributed by atoms with Crippen molar-refractivity contribution in [2.75, 3.05) is 20.2 Å². The molecule has 5 nitrogen and oxygen atoms in total. The number of amides is 1. The second-order valence-corrected chi connectivity index (χ2v) is 7.19. The fourth-order valence-electron chi connectivity index (χ4n) is 3.53. The summed E-state index contributed by atoms with van der Waals surface area (Å²) in [5.41, 5.74) is 1.42. The van der Waals surface area contributed by atoms with Gasteiger partial charge in [-0.2, -0.15) is 0 Å². The average molecular weight is 327 g/mol. The van der Waals surface area contributed by atoms with Gasteiger partial charge in [0.15, 0.2) is 0 Å². The Bertz CT molecular complexity index is 643. The molecule has 0 aromatic carbocycles. The molecule has 24 heavy (non-hydrogen) atoms. The van der Waals surface area contributed by atoms with Crippen molar-refractivity contribution in [2.24, 2.45) is 10.9 Å². The molecule has 4 rings (SSSR count). The highest BCUT2D eigenvalue weighted by atomic mass is 16.5. The van der Waals surface area contributed by atoms with E-state index in [4.69, 9.17) is 4.74 Å². The maximum absolute atomic E-state index is 12.4. The lowest BCUT2D eigenvalue weighted by atomic mass is 9.91. The summed E-state index contributed by atoms with van der Waals surface area (Å²) >= 11 is 0. The number of aliphatic imine (C=N–C) groups is 1. The highest BCUT2D eigenvalue weighted by molar-refractivity contribution is 6.44. The maximum atomic E-state index is 12.4. The molecule has 2 aliphatic carbocycles. The molecule has 0 bridgehead atoms. The van der Waals surface area contributed by atoms with Gasteiger partial charge in [0.1, 0.15) is 18.1 Å². The number of nitrogens with one attached hydrogen (secondary N) is 1. The number of fused-ring (bicyclic) bond motifs is 1. The molecule has 0 aromatic rings. The van der Waals surface area contributed by atoms with Crippen molar-refractivity contribution in [3.63, 3.8) is 0 Å². The third kappa shape index (κ3) is 3.31. The molecule has 2 unspecified atom stereocenters. The smallest absolute Gasteiger partial charge is 0.270 e. The predicted octanol–water partition coefficient (Wildman–Crippen LogP) is 2.17. The molecular formula is C19H25N3O2. The van der Waals surface area contributed by atoms with Crippen molar-refractivity contribution in [1.29, 1.82) is 0 Å². The van der Waals surface area contributed by atoms with Gasteiger partial charge in [0.25, 0.3) is 5.91 Å². The number of allylic oxidation sites excluding steroid dienone is 3. The van der Waals surface area contributed by atoms with Crippen LogP contribution >= 0.6 is 0 Å². The molecule has 4 aliphatic rings. The quantitative estimate of drug-likeness (QED) is 0.842. The normalized spacial score (nSPS) is 29.5. The van der Waals surface area contributed by atoms with Gasteiger partial charge in [-0.15, -0.1) is 0 Å².